The van der Waals surface area contributed by atoms with Crippen molar-refractivity contribution in [1.82, 2.24) is 0 Å². The minimum atomic E-state index is 0.824. The second-order valence-electron chi connectivity index (χ2n) is 10.8. The topological polar surface area (TPSA) is 26.3 Å². The molecule has 0 amide bonds. The molecule has 0 fully saturated rings. The second-order valence-corrected chi connectivity index (χ2v) is 10.8. The summed E-state index contributed by atoms with van der Waals surface area (Å²) >= 11 is 0. The zero-order valence-corrected chi connectivity index (χ0v) is 22.7. The van der Waals surface area contributed by atoms with Crippen LogP contribution in [0.15, 0.2) is 154 Å². The molecule has 9 rings (SSSR count). The van der Waals surface area contributed by atoms with Gasteiger partial charge in [0.15, 0.2) is 0 Å². The predicted molar refractivity (Wildman–Crippen MR) is 175 cm³/mol. The van der Waals surface area contributed by atoms with E-state index in [9.17, 15) is 0 Å². The number of furan rings is 2. The highest BCUT2D eigenvalue weighted by atomic mass is 16.3. The number of benzene rings is 7. The Labute approximate surface area is 242 Å². The van der Waals surface area contributed by atoms with Crippen LogP contribution >= 0.6 is 0 Å². The fourth-order valence-electron chi connectivity index (χ4n) is 6.68. The van der Waals surface area contributed by atoms with Gasteiger partial charge < -0.3 is 8.83 Å². The standard InChI is InChI=1S/C40H24O2/c1-3-12-25(13-4-1)36-24-33-34(41-36)23-22-32-39-31(20-11-21-35(39)42-40(32)33)38-29-18-9-7-16-27(29)37(26-14-5-2-6-15-26)28-17-8-10-19-30(28)38/h1-24H. The van der Waals surface area contributed by atoms with Crippen LogP contribution in [0.4, 0.5) is 0 Å². The van der Waals surface area contributed by atoms with Crippen molar-refractivity contribution in [2.75, 3.05) is 0 Å². The Bertz CT molecular complexity index is 2390. The lowest BCUT2D eigenvalue weighted by molar-refractivity contribution is 0.631. The van der Waals surface area contributed by atoms with Gasteiger partial charge in [0.1, 0.15) is 22.5 Å². The van der Waals surface area contributed by atoms with Gasteiger partial charge in [0, 0.05) is 16.3 Å². The van der Waals surface area contributed by atoms with Crippen LogP contribution in [0.5, 0.6) is 0 Å². The Morgan fingerprint density at radius 1 is 0.357 bits per heavy atom. The second kappa shape index (κ2) is 8.95. The van der Waals surface area contributed by atoms with Gasteiger partial charge in [-0.05, 0) is 68.1 Å². The molecule has 9 aromatic rings. The van der Waals surface area contributed by atoms with E-state index in [1.54, 1.807) is 0 Å². The van der Waals surface area contributed by atoms with Crippen LogP contribution in [0.25, 0.3) is 88.0 Å². The number of hydrogen-bond donors (Lipinski definition) is 0. The fraction of sp³-hybridized carbons (Fsp3) is 0. The van der Waals surface area contributed by atoms with Gasteiger partial charge in [-0.25, -0.2) is 0 Å². The van der Waals surface area contributed by atoms with Crippen LogP contribution in [0, 0.1) is 0 Å². The molecule has 2 nitrogen and oxygen atoms in total. The van der Waals surface area contributed by atoms with Crippen molar-refractivity contribution in [2.45, 2.75) is 0 Å². The molecule has 0 aliphatic carbocycles. The molecular formula is C40H24O2. The Balaban J connectivity index is 1.39. The summed E-state index contributed by atoms with van der Waals surface area (Å²) in [6.07, 6.45) is 0. The molecule has 2 heterocycles. The normalized spacial score (nSPS) is 11.8. The molecule has 0 N–H and O–H groups in total. The van der Waals surface area contributed by atoms with E-state index < -0.39 is 0 Å². The van der Waals surface area contributed by atoms with E-state index in [0.29, 0.717) is 0 Å². The minimum Gasteiger partial charge on any atom is -0.456 e. The van der Waals surface area contributed by atoms with Crippen LogP contribution in [-0.2, 0) is 0 Å². The van der Waals surface area contributed by atoms with Gasteiger partial charge in [-0.15, -0.1) is 0 Å². The summed E-state index contributed by atoms with van der Waals surface area (Å²) in [6, 6.07) is 51.3. The first kappa shape index (κ1) is 23.1. The molecule has 42 heavy (non-hydrogen) atoms. The summed E-state index contributed by atoms with van der Waals surface area (Å²) in [7, 11) is 0. The summed E-state index contributed by atoms with van der Waals surface area (Å²) in [6.45, 7) is 0. The summed E-state index contributed by atoms with van der Waals surface area (Å²) < 4.78 is 12.9. The van der Waals surface area contributed by atoms with Crippen LogP contribution in [0.3, 0.4) is 0 Å². The van der Waals surface area contributed by atoms with Crippen molar-refractivity contribution in [2.24, 2.45) is 0 Å². The third kappa shape index (κ3) is 3.33. The van der Waals surface area contributed by atoms with Crippen molar-refractivity contribution in [3.63, 3.8) is 0 Å². The van der Waals surface area contributed by atoms with Crippen LogP contribution in [0.2, 0.25) is 0 Å². The number of hydrogen-bond acceptors (Lipinski definition) is 2. The molecule has 0 atom stereocenters. The third-order valence-corrected chi connectivity index (χ3v) is 8.48. The molecular weight excluding hydrogens is 512 g/mol. The predicted octanol–water partition coefficient (Wildman–Crippen LogP) is 11.6. The zero-order valence-electron chi connectivity index (χ0n) is 22.7. The van der Waals surface area contributed by atoms with Gasteiger partial charge in [-0.2, -0.15) is 0 Å². The smallest absolute Gasteiger partial charge is 0.146 e. The number of fused-ring (bicyclic) bond motifs is 7. The lowest BCUT2D eigenvalue weighted by Gasteiger charge is -2.18. The van der Waals surface area contributed by atoms with Crippen LogP contribution in [0.1, 0.15) is 0 Å². The first-order valence-electron chi connectivity index (χ1n) is 14.3. The van der Waals surface area contributed by atoms with Gasteiger partial charge in [0.2, 0.25) is 0 Å². The molecule has 2 aromatic heterocycles. The van der Waals surface area contributed by atoms with Crippen LogP contribution in [-0.4, -0.2) is 0 Å². The quantitative estimate of drug-likeness (QED) is 0.210. The molecule has 0 aliphatic heterocycles. The highest BCUT2D eigenvalue weighted by Gasteiger charge is 2.21. The molecule has 0 aliphatic rings. The highest BCUT2D eigenvalue weighted by molar-refractivity contribution is 6.26. The average Bonchev–Trinajstić information content (AvgIpc) is 3.66. The van der Waals surface area contributed by atoms with Gasteiger partial charge >= 0.3 is 0 Å². The maximum atomic E-state index is 6.63. The third-order valence-electron chi connectivity index (χ3n) is 8.48. The fourth-order valence-corrected chi connectivity index (χ4v) is 6.68. The van der Waals surface area contributed by atoms with Crippen molar-refractivity contribution in [3.8, 4) is 33.6 Å². The van der Waals surface area contributed by atoms with E-state index in [0.717, 1.165) is 44.2 Å². The Kier molecular flexibility index (Phi) is 4.93. The molecule has 196 valence electrons. The van der Waals surface area contributed by atoms with Crippen LogP contribution < -0.4 is 0 Å². The molecule has 0 unspecified atom stereocenters. The number of rotatable bonds is 3. The van der Waals surface area contributed by atoms with E-state index >= 15 is 0 Å². The maximum Gasteiger partial charge on any atom is 0.146 e. The van der Waals surface area contributed by atoms with Gasteiger partial charge in [0.25, 0.3) is 0 Å². The van der Waals surface area contributed by atoms with Crippen molar-refractivity contribution in [3.05, 3.63) is 146 Å². The SMILES string of the molecule is c1ccc(-c2cc3c(ccc4c3oc3cccc(-c5c6ccccc6c(-c6ccccc6)c6ccccc56)c34)o2)cc1. The average molecular weight is 537 g/mol. The molecule has 0 spiro atoms. The monoisotopic (exact) mass is 536 g/mol. The molecule has 0 radical (unpaired) electrons. The maximum absolute atomic E-state index is 6.63. The largest absolute Gasteiger partial charge is 0.456 e. The van der Waals surface area contributed by atoms with Crippen molar-refractivity contribution < 1.29 is 8.83 Å². The highest BCUT2D eigenvalue weighted by Crippen LogP contribution is 2.47. The Hall–Kier alpha value is -5.60. The molecule has 0 bridgehead atoms. The van der Waals surface area contributed by atoms with E-state index in [2.05, 4.69) is 127 Å². The first-order valence-corrected chi connectivity index (χ1v) is 14.3. The lowest BCUT2D eigenvalue weighted by Crippen LogP contribution is -1.91. The molecule has 0 saturated heterocycles. The van der Waals surface area contributed by atoms with Crippen molar-refractivity contribution >= 4 is 54.5 Å². The summed E-state index contributed by atoms with van der Waals surface area (Å²) in [5.41, 5.74) is 8.49. The van der Waals surface area contributed by atoms with E-state index in [1.165, 1.54) is 43.8 Å². The summed E-state index contributed by atoms with van der Waals surface area (Å²) in [4.78, 5) is 0. The van der Waals surface area contributed by atoms with Gasteiger partial charge in [-0.1, -0.05) is 121 Å². The molecule has 7 aromatic carbocycles. The van der Waals surface area contributed by atoms with Gasteiger partial charge in [-0.3, -0.25) is 0 Å². The van der Waals surface area contributed by atoms with E-state index in [4.69, 9.17) is 8.83 Å². The van der Waals surface area contributed by atoms with E-state index in [1.807, 2.05) is 18.2 Å². The summed E-state index contributed by atoms with van der Waals surface area (Å²) in [5, 5.41) is 8.15. The van der Waals surface area contributed by atoms with Gasteiger partial charge in [0.05, 0.1) is 5.39 Å². The first-order chi connectivity index (χ1) is 20.8. The zero-order chi connectivity index (χ0) is 27.6. The minimum absolute atomic E-state index is 0.824. The lowest BCUT2D eigenvalue weighted by atomic mass is 9.85. The van der Waals surface area contributed by atoms with Crippen molar-refractivity contribution in [1.29, 1.82) is 0 Å². The molecule has 2 heteroatoms. The Morgan fingerprint density at radius 2 is 0.952 bits per heavy atom. The molecule has 0 saturated carbocycles. The summed E-state index contributed by atoms with van der Waals surface area (Å²) in [5.74, 6) is 0.840. The Morgan fingerprint density at radius 3 is 1.62 bits per heavy atom. The van der Waals surface area contributed by atoms with E-state index in [-0.39, 0.29) is 0 Å².